The highest BCUT2D eigenvalue weighted by atomic mass is 32.2. The number of carbonyl (C=O) groups excluding carboxylic acids is 5. The molecule has 0 aromatic heterocycles. The zero-order valence-corrected chi connectivity index (χ0v) is 64.2. The molecule has 18 heteroatoms. The number of hydrogen-bond donors (Lipinski definition) is 5. The van der Waals surface area contributed by atoms with Crippen molar-refractivity contribution in [3.8, 4) is 22.3 Å². The Hall–Kier alpha value is -6.08. The van der Waals surface area contributed by atoms with Gasteiger partial charge in [-0.05, 0) is 117 Å². The summed E-state index contributed by atoms with van der Waals surface area (Å²) in [7, 11) is 0. The van der Waals surface area contributed by atoms with Crippen molar-refractivity contribution in [2.75, 3.05) is 49.4 Å². The molecule has 568 valence electrons. The molecule has 102 heavy (non-hydrogen) atoms. The van der Waals surface area contributed by atoms with Gasteiger partial charge in [0.25, 0.3) is 0 Å². The van der Waals surface area contributed by atoms with E-state index in [1.807, 2.05) is 72.8 Å². The smallest absolute Gasteiger partial charge is 0.407 e. The number of unbranched alkanes of at least 4 members (excludes halogenated alkanes) is 26. The minimum absolute atomic E-state index is 0.0773. The van der Waals surface area contributed by atoms with Gasteiger partial charge in [-0.1, -0.05) is 265 Å². The van der Waals surface area contributed by atoms with Crippen LogP contribution in [0.1, 0.15) is 287 Å². The first-order chi connectivity index (χ1) is 49.5. The van der Waals surface area contributed by atoms with Crippen molar-refractivity contribution >= 4 is 59.6 Å². The van der Waals surface area contributed by atoms with Crippen LogP contribution in [0.2, 0.25) is 0 Å². The minimum Gasteiger partial charge on any atom is -0.480 e. The largest absolute Gasteiger partial charge is 0.480 e. The molecule has 2 amide bonds. The van der Waals surface area contributed by atoms with Crippen LogP contribution >= 0.6 is 23.5 Å². The summed E-state index contributed by atoms with van der Waals surface area (Å²) < 4.78 is 28.2. The van der Waals surface area contributed by atoms with Crippen LogP contribution in [0.4, 0.5) is 9.59 Å². The lowest BCUT2D eigenvalue weighted by atomic mass is 9.98. The number of carboxylic acids is 1. The van der Waals surface area contributed by atoms with Crippen LogP contribution in [0.3, 0.4) is 0 Å². The van der Waals surface area contributed by atoms with Crippen LogP contribution in [0, 0.1) is 0 Å². The minimum atomic E-state index is -1.18. The number of amides is 2. The zero-order chi connectivity index (χ0) is 73.4. The summed E-state index contributed by atoms with van der Waals surface area (Å²) in [5.41, 5.74) is 8.19. The molecule has 6 rings (SSSR count). The van der Waals surface area contributed by atoms with Gasteiger partial charge in [0, 0.05) is 54.3 Å². The molecule has 5 N–H and O–H groups in total. The van der Waals surface area contributed by atoms with Crippen molar-refractivity contribution < 1.29 is 67.8 Å². The third-order valence-electron chi connectivity index (χ3n) is 18.8. The first kappa shape index (κ1) is 86.6. The third-order valence-corrected chi connectivity index (χ3v) is 21.2. The number of aliphatic carboxylic acids is 1. The maximum Gasteiger partial charge on any atom is 0.407 e. The number of carbonyl (C=O) groups is 6. The Bertz CT molecular complexity index is 2920. The quantitative estimate of drug-likeness (QED) is 0.0157. The summed E-state index contributed by atoms with van der Waals surface area (Å²) in [6.07, 6.45) is 34.7. The van der Waals surface area contributed by atoms with Gasteiger partial charge in [0.05, 0.1) is 12.7 Å². The maximum atomic E-state index is 13.0. The number of aliphatic hydroxyl groups is 2. The molecule has 2 aliphatic carbocycles. The van der Waals surface area contributed by atoms with Crippen molar-refractivity contribution in [2.24, 2.45) is 0 Å². The van der Waals surface area contributed by atoms with E-state index in [2.05, 4.69) is 48.7 Å². The highest BCUT2D eigenvalue weighted by Gasteiger charge is 2.33. The molecule has 4 atom stereocenters. The molecule has 0 saturated carbocycles. The summed E-state index contributed by atoms with van der Waals surface area (Å²) in [4.78, 5) is 76.2. The van der Waals surface area contributed by atoms with Crippen molar-refractivity contribution in [3.05, 3.63) is 119 Å². The highest BCUT2D eigenvalue weighted by molar-refractivity contribution is 7.99. The van der Waals surface area contributed by atoms with Gasteiger partial charge < -0.3 is 49.6 Å². The number of esters is 3. The molecule has 0 heterocycles. The number of benzene rings is 4. The van der Waals surface area contributed by atoms with Crippen LogP contribution < -0.4 is 10.6 Å². The van der Waals surface area contributed by atoms with Crippen molar-refractivity contribution in [1.29, 1.82) is 0 Å². The van der Waals surface area contributed by atoms with Crippen molar-refractivity contribution in [3.63, 3.8) is 0 Å². The molecule has 0 spiro atoms. The predicted molar refractivity (Wildman–Crippen MR) is 414 cm³/mol. The monoisotopic (exact) mass is 1450 g/mol. The van der Waals surface area contributed by atoms with Crippen LogP contribution in [0.15, 0.2) is 97.1 Å². The van der Waals surface area contributed by atoms with Crippen molar-refractivity contribution in [2.45, 2.75) is 295 Å². The number of rotatable bonds is 54. The molecule has 4 aromatic carbocycles. The topological polar surface area (TPSA) is 233 Å². The van der Waals surface area contributed by atoms with E-state index in [0.717, 1.165) is 83.0 Å². The van der Waals surface area contributed by atoms with Crippen molar-refractivity contribution in [1.82, 2.24) is 10.6 Å². The Labute approximate surface area is 620 Å². The number of carboxylic acid groups (broad SMARTS) is 1. The Kier molecular flexibility index (Phi) is 44.1. The number of fused-ring (bicyclic) bond motifs is 6. The first-order valence-electron chi connectivity index (χ1n) is 39.0. The molecule has 2 aliphatic rings. The SMILES string of the molecule is CC(C)(C)OC(=O)[C@H](CSC[C@H](O)CCCCO)NC(=O)OCC1c2ccccc2-c2ccccc21.CCCCCCCCCCCCCCCC(=O)OCCCC[C@H](CSC[C@H](NC(=O)OCC1c2ccccc2-c2ccccc21)C(=O)O)OC(=O)CCCCCCCCCCCCCCC. The third kappa shape index (κ3) is 35.1. The van der Waals surface area contributed by atoms with Crippen LogP contribution in [0.5, 0.6) is 0 Å². The molecule has 0 bridgehead atoms. The molecule has 16 nitrogen and oxygen atoms in total. The fraction of sp³-hybridized carbons (Fsp3) is 0.643. The molecule has 0 aliphatic heterocycles. The summed E-state index contributed by atoms with van der Waals surface area (Å²) in [6.45, 7) is 10.5. The molecule has 0 fully saturated rings. The fourth-order valence-corrected chi connectivity index (χ4v) is 15.3. The Morgan fingerprint density at radius 1 is 0.441 bits per heavy atom. The number of alkyl carbamates (subject to hydrolysis) is 2. The highest BCUT2D eigenvalue weighted by Crippen LogP contribution is 2.46. The Morgan fingerprint density at radius 2 is 0.814 bits per heavy atom. The summed E-state index contributed by atoms with van der Waals surface area (Å²) in [5, 5.41) is 34.2. The van der Waals surface area contributed by atoms with E-state index in [1.54, 1.807) is 20.8 Å². The van der Waals surface area contributed by atoms with Gasteiger partial charge in [0.15, 0.2) is 0 Å². The standard InChI is InChI=1S/C56H89NO8S.C28H37NO6S/c1-3-5-7-9-11-13-15-17-19-21-23-25-27-40-53(58)63-42-34-33-35-46(65-54(59)41-28-26-24-22-20-18-16-14-12-10-8-6-4-2)44-66-45-52(55(60)61)57-56(62)64-43-51-49-38-31-29-36-47(49)48-37-30-32-39-50(48)51;1-28(2,3)35-26(32)25(18-36-17-19(31)10-8-9-15-30)29-27(33)34-16-24-22-13-6-4-11-20(22)21-12-5-7-14-23(21)24/h29-32,36-39,46,51-52H,3-28,33-35,40-45H2,1-2H3,(H,57,62)(H,60,61);4-7,11-14,19,24-25,30-31H,8-10,15-18H2,1-3H3,(H,29,33)/t46-,52+;19-,25+/m11/s1. The second-order valence-corrected chi connectivity index (χ2v) is 30.8. The van der Waals surface area contributed by atoms with Gasteiger partial charge >= 0.3 is 36.1 Å². The van der Waals surface area contributed by atoms with E-state index >= 15 is 0 Å². The molecule has 0 saturated heterocycles. The van der Waals surface area contributed by atoms with Gasteiger partial charge in [-0.25, -0.2) is 19.2 Å². The Morgan fingerprint density at radius 3 is 1.23 bits per heavy atom. The average Bonchev–Trinajstić information content (AvgIpc) is 1.63. The lowest BCUT2D eigenvalue weighted by Gasteiger charge is -2.25. The van der Waals surface area contributed by atoms with Gasteiger partial charge in [0.2, 0.25) is 0 Å². The number of thioether (sulfide) groups is 2. The second kappa shape index (κ2) is 52.0. The van der Waals surface area contributed by atoms with E-state index in [0.29, 0.717) is 63.1 Å². The lowest BCUT2D eigenvalue weighted by molar-refractivity contribution is -0.156. The number of ether oxygens (including phenoxy) is 5. The molecule has 0 radical (unpaired) electrons. The van der Waals surface area contributed by atoms with Gasteiger partial charge in [-0.15, -0.1) is 0 Å². The number of hydrogen-bond acceptors (Lipinski definition) is 15. The van der Waals surface area contributed by atoms with Gasteiger partial charge in [-0.2, -0.15) is 23.5 Å². The van der Waals surface area contributed by atoms with Crippen LogP contribution in [0.25, 0.3) is 22.3 Å². The molecule has 4 aromatic rings. The van der Waals surface area contributed by atoms with E-state index in [-0.39, 0.29) is 55.1 Å². The van der Waals surface area contributed by atoms with Crippen LogP contribution in [-0.2, 0) is 42.9 Å². The fourth-order valence-electron chi connectivity index (χ4n) is 13.2. The summed E-state index contributed by atoms with van der Waals surface area (Å²) in [6, 6.07) is 30.2. The predicted octanol–water partition coefficient (Wildman–Crippen LogP) is 19.8. The van der Waals surface area contributed by atoms with E-state index in [9.17, 15) is 39.0 Å². The van der Waals surface area contributed by atoms with E-state index in [4.69, 9.17) is 28.8 Å². The molecular formula is C84H126N2O14S2. The van der Waals surface area contributed by atoms with E-state index < -0.39 is 54.0 Å². The maximum absolute atomic E-state index is 13.0. The zero-order valence-electron chi connectivity index (χ0n) is 62.5. The Balaban J connectivity index is 0.000000435. The lowest BCUT2D eigenvalue weighted by Crippen LogP contribution is -2.46. The van der Waals surface area contributed by atoms with E-state index in [1.165, 1.54) is 158 Å². The molecular weight excluding hydrogens is 1330 g/mol. The van der Waals surface area contributed by atoms with Gasteiger partial charge in [0.1, 0.15) is 37.0 Å². The summed E-state index contributed by atoms with van der Waals surface area (Å²) in [5.74, 6) is -1.17. The first-order valence-corrected chi connectivity index (χ1v) is 41.3. The second-order valence-electron chi connectivity index (χ2n) is 28.7. The summed E-state index contributed by atoms with van der Waals surface area (Å²) >= 11 is 2.70. The average molecular weight is 1450 g/mol. The van der Waals surface area contributed by atoms with Gasteiger partial charge in [-0.3, -0.25) is 9.59 Å². The molecule has 0 unspecified atom stereocenters. The number of aliphatic hydroxyl groups excluding tert-OH is 2. The van der Waals surface area contributed by atoms with Crippen LogP contribution in [-0.4, -0.2) is 131 Å². The normalized spacial score (nSPS) is 13.4. The number of nitrogens with one attached hydrogen (secondary N) is 2.